The number of furan rings is 1. The molecule has 0 unspecified atom stereocenters. The van der Waals surface area contributed by atoms with Crippen molar-refractivity contribution in [1.82, 2.24) is 15.5 Å². The molecule has 1 aliphatic heterocycles. The summed E-state index contributed by atoms with van der Waals surface area (Å²) in [6, 6.07) is 17.3. The average molecular weight is 718 g/mol. The molecule has 2 heterocycles. The van der Waals surface area contributed by atoms with Crippen molar-refractivity contribution < 1.29 is 36.3 Å². The smallest absolute Gasteiger partial charge is 0.410 e. The van der Waals surface area contributed by atoms with Gasteiger partial charge < -0.3 is 24.7 Å². The molecule has 1 aromatic heterocycles. The average Bonchev–Trinajstić information content (AvgIpc) is 3.45. The van der Waals surface area contributed by atoms with Crippen molar-refractivity contribution in [3.63, 3.8) is 0 Å². The Morgan fingerprint density at radius 3 is 2.27 bits per heavy atom. The van der Waals surface area contributed by atoms with Crippen LogP contribution in [0.25, 0.3) is 33.4 Å². The Morgan fingerprint density at radius 2 is 1.71 bits per heavy atom. The number of nitrogens with one attached hydrogen (secondary N) is 2. The SMILES string of the molecule is CCN(c1cc2oc(-c3ccc(F)cc3)c(C(=O)NC)c2cc1-c1cccc(C(=O)NC2(C#N)CCN(C(=O)OC(C)(C)C)CC2)c1)S(C)(=O)=O. The number of rotatable bonds is 8. The van der Waals surface area contributed by atoms with Crippen molar-refractivity contribution >= 4 is 44.6 Å². The first-order valence-corrected chi connectivity index (χ1v) is 18.2. The third-order valence-corrected chi connectivity index (χ3v) is 9.85. The van der Waals surface area contributed by atoms with Crippen LogP contribution in [0, 0.1) is 17.1 Å². The highest BCUT2D eigenvalue weighted by molar-refractivity contribution is 7.92. The molecule has 2 N–H and O–H groups in total. The number of piperidine rings is 1. The molecule has 0 saturated carbocycles. The molecule has 0 spiro atoms. The number of likely N-dealkylation sites (tertiary alicyclic amines) is 1. The Kier molecular flexibility index (Phi) is 10.2. The van der Waals surface area contributed by atoms with Crippen molar-refractivity contribution in [2.75, 3.05) is 37.2 Å². The fourth-order valence-corrected chi connectivity index (χ4v) is 7.07. The predicted molar refractivity (Wildman–Crippen MR) is 191 cm³/mol. The number of amides is 3. The lowest BCUT2D eigenvalue weighted by atomic mass is 9.88. The van der Waals surface area contributed by atoms with Gasteiger partial charge in [0.2, 0.25) is 10.0 Å². The monoisotopic (exact) mass is 717 g/mol. The number of anilines is 1. The van der Waals surface area contributed by atoms with Gasteiger partial charge in [-0.15, -0.1) is 0 Å². The standard InChI is InChI=1S/C37H40FN5O7S/c1-7-43(51(6,47)48)29-21-30-28(31(34(45)40-5)32(49-30)23-11-13-26(38)14-12-23)20-27(29)24-9-8-10-25(19-24)33(44)41-37(22-39)15-17-42(18-16-37)35(46)50-36(2,3)4/h8-14,19-21H,7,15-18H2,1-6H3,(H,40,45)(H,41,44). The maximum absolute atomic E-state index is 13.8. The molecule has 0 radical (unpaired) electrons. The Bertz CT molecular complexity index is 2140. The van der Waals surface area contributed by atoms with Crippen LogP contribution in [0.2, 0.25) is 0 Å². The van der Waals surface area contributed by atoms with E-state index in [1.165, 1.54) is 46.6 Å². The van der Waals surface area contributed by atoms with Crippen molar-refractivity contribution in [2.24, 2.45) is 0 Å². The lowest BCUT2D eigenvalue weighted by Crippen LogP contribution is -2.55. The first-order chi connectivity index (χ1) is 24.0. The highest BCUT2D eigenvalue weighted by atomic mass is 32.2. The molecule has 1 saturated heterocycles. The van der Waals surface area contributed by atoms with Crippen LogP contribution in [0.5, 0.6) is 0 Å². The number of sulfonamides is 1. The van der Waals surface area contributed by atoms with Gasteiger partial charge in [0.05, 0.1) is 23.6 Å². The summed E-state index contributed by atoms with van der Waals surface area (Å²) in [5.74, 6) is -1.31. The Hall–Kier alpha value is -5.42. The van der Waals surface area contributed by atoms with Crippen molar-refractivity contribution in [3.05, 3.63) is 77.6 Å². The topological polar surface area (TPSA) is 162 Å². The molecule has 12 nitrogen and oxygen atoms in total. The Balaban J connectivity index is 1.56. The molecule has 0 aliphatic carbocycles. The van der Waals surface area contributed by atoms with Gasteiger partial charge in [0, 0.05) is 67.7 Å². The zero-order valence-corrected chi connectivity index (χ0v) is 30.1. The fourth-order valence-electron chi connectivity index (χ4n) is 6.09. The number of benzene rings is 3. The first kappa shape index (κ1) is 36.9. The van der Waals surface area contributed by atoms with E-state index in [-0.39, 0.29) is 60.6 Å². The highest BCUT2D eigenvalue weighted by Crippen LogP contribution is 2.42. The lowest BCUT2D eigenvalue weighted by Gasteiger charge is -2.38. The van der Waals surface area contributed by atoms with E-state index in [1.807, 2.05) is 0 Å². The van der Waals surface area contributed by atoms with Gasteiger partial charge in [-0.05, 0) is 75.7 Å². The highest BCUT2D eigenvalue weighted by Gasteiger charge is 2.39. The normalized spacial score (nSPS) is 14.4. The summed E-state index contributed by atoms with van der Waals surface area (Å²) in [5, 5.41) is 16.0. The van der Waals surface area contributed by atoms with Crippen molar-refractivity contribution in [1.29, 1.82) is 5.26 Å². The number of carbonyl (C=O) groups is 3. The number of fused-ring (bicyclic) bond motifs is 1. The van der Waals surface area contributed by atoms with Gasteiger partial charge in [0.15, 0.2) is 0 Å². The molecule has 0 atom stereocenters. The maximum atomic E-state index is 13.8. The quantitative estimate of drug-likeness (QED) is 0.222. The van der Waals surface area contributed by atoms with Gasteiger partial charge in [-0.1, -0.05) is 12.1 Å². The molecule has 3 aromatic carbocycles. The van der Waals surface area contributed by atoms with Gasteiger partial charge in [-0.3, -0.25) is 13.9 Å². The minimum Gasteiger partial charge on any atom is -0.455 e. The van der Waals surface area contributed by atoms with Gasteiger partial charge in [-0.2, -0.15) is 5.26 Å². The summed E-state index contributed by atoms with van der Waals surface area (Å²) >= 11 is 0. The van der Waals surface area contributed by atoms with Crippen LogP contribution in [-0.2, 0) is 14.8 Å². The Morgan fingerprint density at radius 1 is 1.04 bits per heavy atom. The molecular formula is C37H40FN5O7S. The largest absolute Gasteiger partial charge is 0.455 e. The molecule has 1 aliphatic rings. The van der Waals surface area contributed by atoms with E-state index in [2.05, 4.69) is 16.7 Å². The summed E-state index contributed by atoms with van der Waals surface area (Å²) < 4.78 is 52.7. The molecule has 1 fully saturated rings. The van der Waals surface area contributed by atoms with E-state index in [0.717, 1.165) is 6.26 Å². The minimum atomic E-state index is -3.81. The number of nitriles is 1. The molecule has 51 heavy (non-hydrogen) atoms. The molecule has 0 bridgehead atoms. The molecule has 268 valence electrons. The molecule has 4 aromatic rings. The molecule has 14 heteroatoms. The first-order valence-electron chi connectivity index (χ1n) is 16.4. The summed E-state index contributed by atoms with van der Waals surface area (Å²) in [7, 11) is -2.34. The Labute approximate surface area is 296 Å². The number of carbonyl (C=O) groups excluding carboxylic acids is 3. The predicted octanol–water partition coefficient (Wildman–Crippen LogP) is 6.07. The van der Waals surface area contributed by atoms with Crippen LogP contribution in [0.15, 0.2) is 65.1 Å². The summed E-state index contributed by atoms with van der Waals surface area (Å²) in [5.41, 5.74) is 0.209. The fraction of sp³-hybridized carbons (Fsp3) is 0.351. The van der Waals surface area contributed by atoms with E-state index in [1.54, 1.807) is 58.0 Å². The maximum Gasteiger partial charge on any atom is 0.410 e. The second-order valence-corrected chi connectivity index (χ2v) is 15.3. The number of ether oxygens (including phenoxy) is 1. The van der Waals surface area contributed by atoms with Gasteiger partial charge in [0.25, 0.3) is 11.8 Å². The number of hydrogen-bond donors (Lipinski definition) is 2. The van der Waals surface area contributed by atoms with Gasteiger partial charge in [-0.25, -0.2) is 17.6 Å². The van der Waals surface area contributed by atoms with E-state index in [4.69, 9.17) is 9.15 Å². The minimum absolute atomic E-state index is 0.0658. The third kappa shape index (κ3) is 7.83. The molecule has 5 rings (SSSR count). The summed E-state index contributed by atoms with van der Waals surface area (Å²) in [6.07, 6.45) is 0.964. The lowest BCUT2D eigenvalue weighted by molar-refractivity contribution is 0.0176. The van der Waals surface area contributed by atoms with Crippen LogP contribution < -0.4 is 14.9 Å². The number of halogens is 1. The van der Waals surface area contributed by atoms with E-state index >= 15 is 0 Å². The number of hydrogen-bond acceptors (Lipinski definition) is 8. The third-order valence-electron chi connectivity index (χ3n) is 8.59. The second kappa shape index (κ2) is 14.1. The van der Waals surface area contributed by atoms with Crippen LogP contribution in [0.4, 0.5) is 14.9 Å². The second-order valence-electron chi connectivity index (χ2n) is 13.4. The van der Waals surface area contributed by atoms with Crippen LogP contribution in [0.1, 0.15) is 61.3 Å². The van der Waals surface area contributed by atoms with Crippen molar-refractivity contribution in [3.8, 4) is 28.5 Å². The van der Waals surface area contributed by atoms with E-state index < -0.39 is 44.9 Å². The van der Waals surface area contributed by atoms with Crippen molar-refractivity contribution in [2.45, 2.75) is 51.7 Å². The van der Waals surface area contributed by atoms with E-state index in [9.17, 15) is 32.5 Å². The van der Waals surface area contributed by atoms with E-state index in [0.29, 0.717) is 22.1 Å². The van der Waals surface area contributed by atoms with Gasteiger partial charge >= 0.3 is 6.09 Å². The zero-order chi connectivity index (χ0) is 37.3. The van der Waals surface area contributed by atoms with Gasteiger partial charge in [0.1, 0.15) is 28.3 Å². The number of nitrogens with zero attached hydrogens (tertiary/aromatic N) is 3. The van der Waals surface area contributed by atoms with Crippen LogP contribution >= 0.6 is 0 Å². The molecule has 3 amide bonds. The molecular weight excluding hydrogens is 678 g/mol. The van der Waals surface area contributed by atoms with Crippen LogP contribution in [-0.4, -0.2) is 75.3 Å². The zero-order valence-electron chi connectivity index (χ0n) is 29.3. The summed E-state index contributed by atoms with van der Waals surface area (Å²) in [6.45, 7) is 7.47. The van der Waals surface area contributed by atoms with Crippen LogP contribution in [0.3, 0.4) is 0 Å². The summed E-state index contributed by atoms with van der Waals surface area (Å²) in [4.78, 5) is 41.1.